The summed E-state index contributed by atoms with van der Waals surface area (Å²) in [5, 5.41) is 1.06. The van der Waals surface area contributed by atoms with Gasteiger partial charge in [0, 0.05) is 17.0 Å². The molecule has 0 bridgehead atoms. The highest BCUT2D eigenvalue weighted by atomic mass is 35.5. The van der Waals surface area contributed by atoms with E-state index in [4.69, 9.17) is 11.5 Å². The summed E-state index contributed by atoms with van der Waals surface area (Å²) >= 11 is 0. The number of nitrogen functional groups attached to an aromatic ring is 1. The lowest BCUT2D eigenvalue weighted by Gasteiger charge is -2.19. The maximum absolute atomic E-state index is 6.20. The summed E-state index contributed by atoms with van der Waals surface area (Å²) in [6.45, 7) is 4.19. The fraction of sp³-hybridized carbons (Fsp3) is 0.308. The Hall–Kier alpha value is -1.32. The van der Waals surface area contributed by atoms with Crippen LogP contribution >= 0.6 is 12.4 Å². The van der Waals surface area contributed by atoms with Crippen molar-refractivity contribution in [3.63, 3.8) is 0 Å². The van der Waals surface area contributed by atoms with Crippen LogP contribution in [0, 0.1) is 5.92 Å². The van der Waals surface area contributed by atoms with Crippen molar-refractivity contribution >= 4 is 29.0 Å². The maximum atomic E-state index is 6.20. The third-order valence-corrected chi connectivity index (χ3v) is 2.90. The largest absolute Gasteiger partial charge is 0.397 e. The predicted octanol–water partition coefficient (Wildman–Crippen LogP) is 2.89. The van der Waals surface area contributed by atoms with Crippen LogP contribution in [-0.2, 0) is 0 Å². The number of nitrogens with zero attached hydrogens (tertiary/aromatic N) is 1. The Labute approximate surface area is 108 Å². The van der Waals surface area contributed by atoms with Crippen molar-refractivity contribution in [2.75, 3.05) is 5.73 Å². The Balaban J connectivity index is 0.00000144. The van der Waals surface area contributed by atoms with Gasteiger partial charge in [0.1, 0.15) is 0 Å². The van der Waals surface area contributed by atoms with Gasteiger partial charge in [0.05, 0.1) is 17.4 Å². The second kappa shape index (κ2) is 5.34. The fourth-order valence-electron chi connectivity index (χ4n) is 1.88. The van der Waals surface area contributed by atoms with E-state index in [1.54, 1.807) is 6.20 Å². The van der Waals surface area contributed by atoms with E-state index in [1.807, 2.05) is 24.3 Å². The highest BCUT2D eigenvalue weighted by Crippen LogP contribution is 2.30. The van der Waals surface area contributed by atoms with E-state index in [-0.39, 0.29) is 18.4 Å². The van der Waals surface area contributed by atoms with Gasteiger partial charge in [-0.15, -0.1) is 12.4 Å². The number of fused-ring (bicyclic) bond motifs is 1. The number of nitrogens with two attached hydrogens (primary N) is 2. The number of pyridine rings is 1. The maximum Gasteiger partial charge on any atom is 0.0707 e. The van der Waals surface area contributed by atoms with Crippen molar-refractivity contribution in [2.24, 2.45) is 11.7 Å². The molecular weight excluding hydrogens is 234 g/mol. The lowest BCUT2D eigenvalue weighted by atomic mass is 9.93. The highest BCUT2D eigenvalue weighted by molar-refractivity contribution is 5.86. The van der Waals surface area contributed by atoms with E-state index >= 15 is 0 Å². The first-order valence-electron chi connectivity index (χ1n) is 5.50. The predicted molar refractivity (Wildman–Crippen MR) is 75.2 cm³/mol. The summed E-state index contributed by atoms with van der Waals surface area (Å²) in [6, 6.07) is 7.91. The molecule has 1 heterocycles. The molecule has 92 valence electrons. The molecule has 17 heavy (non-hydrogen) atoms. The minimum absolute atomic E-state index is 0. The topological polar surface area (TPSA) is 64.9 Å². The Kier molecular flexibility index (Phi) is 4.32. The molecule has 0 amide bonds. The summed E-state index contributed by atoms with van der Waals surface area (Å²) in [5.41, 5.74) is 14.8. The molecule has 2 rings (SSSR count). The van der Waals surface area contributed by atoms with Gasteiger partial charge in [-0.3, -0.25) is 4.98 Å². The van der Waals surface area contributed by atoms with Crippen molar-refractivity contribution in [3.8, 4) is 0 Å². The fourth-order valence-corrected chi connectivity index (χ4v) is 1.88. The molecule has 2 aromatic rings. The van der Waals surface area contributed by atoms with Crippen molar-refractivity contribution in [1.82, 2.24) is 4.98 Å². The van der Waals surface area contributed by atoms with Crippen LogP contribution in [-0.4, -0.2) is 4.98 Å². The molecule has 1 unspecified atom stereocenters. The summed E-state index contributed by atoms with van der Waals surface area (Å²) in [4.78, 5) is 4.30. The SMILES string of the molecule is CC(C)C(N)c1c(N)cnc2ccccc12.Cl. The monoisotopic (exact) mass is 251 g/mol. The van der Waals surface area contributed by atoms with Crippen LogP contribution in [0.5, 0.6) is 0 Å². The average Bonchev–Trinajstić information content (AvgIpc) is 2.28. The Morgan fingerprint density at radius 3 is 2.47 bits per heavy atom. The second-order valence-electron chi connectivity index (χ2n) is 4.41. The molecule has 0 aliphatic rings. The number of hydrogen-bond donors (Lipinski definition) is 2. The second-order valence-corrected chi connectivity index (χ2v) is 4.41. The molecule has 0 saturated heterocycles. The highest BCUT2D eigenvalue weighted by Gasteiger charge is 2.16. The molecule has 1 aromatic heterocycles. The van der Waals surface area contributed by atoms with Gasteiger partial charge in [0.2, 0.25) is 0 Å². The molecule has 0 saturated carbocycles. The molecule has 0 aliphatic heterocycles. The first-order chi connectivity index (χ1) is 7.61. The van der Waals surface area contributed by atoms with Gasteiger partial charge in [0.25, 0.3) is 0 Å². The number of aromatic nitrogens is 1. The van der Waals surface area contributed by atoms with E-state index in [0.717, 1.165) is 16.5 Å². The van der Waals surface area contributed by atoms with Crippen molar-refractivity contribution in [3.05, 3.63) is 36.0 Å². The first kappa shape index (κ1) is 13.7. The van der Waals surface area contributed by atoms with Crippen molar-refractivity contribution in [1.29, 1.82) is 0 Å². The van der Waals surface area contributed by atoms with Crippen LogP contribution in [0.15, 0.2) is 30.5 Å². The summed E-state index contributed by atoms with van der Waals surface area (Å²) < 4.78 is 0. The third kappa shape index (κ3) is 2.51. The summed E-state index contributed by atoms with van der Waals surface area (Å²) in [5.74, 6) is 0.355. The van der Waals surface area contributed by atoms with Crippen LogP contribution < -0.4 is 11.5 Å². The standard InChI is InChI=1S/C13H17N3.ClH/c1-8(2)13(15)12-9-5-3-4-6-11(9)16-7-10(12)14;/h3-8,13H,14-15H2,1-2H3;1H. The van der Waals surface area contributed by atoms with Gasteiger partial charge >= 0.3 is 0 Å². The zero-order valence-electron chi connectivity index (χ0n) is 10.1. The first-order valence-corrected chi connectivity index (χ1v) is 5.50. The van der Waals surface area contributed by atoms with Gasteiger partial charge in [-0.25, -0.2) is 0 Å². The number of halogens is 1. The van der Waals surface area contributed by atoms with E-state index in [9.17, 15) is 0 Å². The minimum atomic E-state index is -0.0482. The molecule has 1 atom stereocenters. The van der Waals surface area contributed by atoms with Crippen LogP contribution in [0.3, 0.4) is 0 Å². The van der Waals surface area contributed by atoms with Gasteiger partial charge in [-0.05, 0) is 12.0 Å². The van der Waals surface area contributed by atoms with E-state index in [1.165, 1.54) is 0 Å². The Morgan fingerprint density at radius 2 is 1.82 bits per heavy atom. The minimum Gasteiger partial charge on any atom is -0.397 e. The smallest absolute Gasteiger partial charge is 0.0707 e. The number of anilines is 1. The molecular formula is C13H18ClN3. The van der Waals surface area contributed by atoms with Crippen LogP contribution in [0.1, 0.15) is 25.5 Å². The van der Waals surface area contributed by atoms with Crippen molar-refractivity contribution < 1.29 is 0 Å². The van der Waals surface area contributed by atoms with Crippen LogP contribution in [0.2, 0.25) is 0 Å². The number of para-hydroxylation sites is 1. The number of rotatable bonds is 2. The van der Waals surface area contributed by atoms with E-state index in [0.29, 0.717) is 11.6 Å². The average molecular weight is 252 g/mol. The van der Waals surface area contributed by atoms with E-state index in [2.05, 4.69) is 18.8 Å². The molecule has 0 radical (unpaired) electrons. The lowest BCUT2D eigenvalue weighted by molar-refractivity contribution is 0.518. The Bertz CT molecular complexity index is 511. The van der Waals surface area contributed by atoms with Gasteiger partial charge in [-0.1, -0.05) is 32.0 Å². The lowest BCUT2D eigenvalue weighted by Crippen LogP contribution is -2.19. The number of benzene rings is 1. The van der Waals surface area contributed by atoms with Crippen molar-refractivity contribution in [2.45, 2.75) is 19.9 Å². The quantitative estimate of drug-likeness (QED) is 0.863. The third-order valence-electron chi connectivity index (χ3n) is 2.90. The molecule has 0 aliphatic carbocycles. The Morgan fingerprint density at radius 1 is 1.18 bits per heavy atom. The van der Waals surface area contributed by atoms with E-state index < -0.39 is 0 Å². The number of hydrogen-bond acceptors (Lipinski definition) is 3. The zero-order chi connectivity index (χ0) is 11.7. The molecule has 3 nitrogen and oxygen atoms in total. The molecule has 4 heteroatoms. The summed E-state index contributed by atoms with van der Waals surface area (Å²) in [7, 11) is 0. The molecule has 1 aromatic carbocycles. The molecule has 0 fully saturated rings. The zero-order valence-corrected chi connectivity index (χ0v) is 10.9. The van der Waals surface area contributed by atoms with Crippen LogP contribution in [0.4, 0.5) is 5.69 Å². The van der Waals surface area contributed by atoms with Gasteiger partial charge in [0.15, 0.2) is 0 Å². The van der Waals surface area contributed by atoms with Gasteiger partial charge in [-0.2, -0.15) is 0 Å². The molecule has 0 spiro atoms. The molecule has 4 N–H and O–H groups in total. The van der Waals surface area contributed by atoms with Gasteiger partial charge < -0.3 is 11.5 Å². The summed E-state index contributed by atoms with van der Waals surface area (Å²) in [6.07, 6.45) is 1.69. The normalized spacial score (nSPS) is 12.5. The van der Waals surface area contributed by atoms with Crippen LogP contribution in [0.25, 0.3) is 10.9 Å².